The van der Waals surface area contributed by atoms with Gasteiger partial charge >= 0.3 is 0 Å². The first-order valence-corrected chi connectivity index (χ1v) is 16.2. The number of hydrogen-bond donors (Lipinski definition) is 0. The minimum absolute atomic E-state index is 0.264. The molecule has 2 aliphatic rings. The van der Waals surface area contributed by atoms with Gasteiger partial charge in [0, 0.05) is 22.4 Å². The highest BCUT2D eigenvalue weighted by atomic mass is 79.9. The molecule has 2 rings (SSSR count). The maximum Gasteiger partial charge on any atom is 0.0368 e. The van der Waals surface area contributed by atoms with Gasteiger partial charge in [0.15, 0.2) is 0 Å². The maximum atomic E-state index is 3.80. The van der Waals surface area contributed by atoms with Gasteiger partial charge in [-0.05, 0) is 18.8 Å². The molecule has 0 nitrogen and oxygen atoms in total. The summed E-state index contributed by atoms with van der Waals surface area (Å²) in [7, 11) is -0.553. The second-order valence-corrected chi connectivity index (χ2v) is 16.5. The van der Waals surface area contributed by atoms with Gasteiger partial charge in [0.05, 0.1) is 0 Å². The summed E-state index contributed by atoms with van der Waals surface area (Å²) in [4.78, 5) is 0.868. The minimum Gasteiger partial charge on any atom is -0.0891 e. The van der Waals surface area contributed by atoms with Crippen molar-refractivity contribution in [2.75, 3.05) is 0 Å². The molecule has 0 saturated carbocycles. The average Bonchev–Trinajstić information content (AvgIpc) is 2.55. The third kappa shape index (κ3) is 7.66. The molecule has 0 amide bonds. The summed E-state index contributed by atoms with van der Waals surface area (Å²) in [5.74, 6) is 1.13. The maximum absolute atomic E-state index is 3.80. The van der Waals surface area contributed by atoms with Gasteiger partial charge in [0.1, 0.15) is 0 Å². The molecule has 22 heavy (non-hydrogen) atoms. The summed E-state index contributed by atoms with van der Waals surface area (Å²) in [5, 5.41) is 0. The van der Waals surface area contributed by atoms with E-state index >= 15 is 0 Å². The molecule has 2 heterocycles. The van der Waals surface area contributed by atoms with Crippen LogP contribution in [0.25, 0.3) is 0 Å². The van der Waals surface area contributed by atoms with Crippen molar-refractivity contribution in [3.63, 3.8) is 0 Å². The molecule has 0 N–H and O–H groups in total. The molecule has 0 aromatic carbocycles. The lowest BCUT2D eigenvalue weighted by atomic mass is 9.96. The molecule has 0 unspecified atom stereocenters. The molecular weight excluding hydrogens is 364 g/mol. The largest absolute Gasteiger partial charge is 0.0891 e. The van der Waals surface area contributed by atoms with Crippen molar-refractivity contribution < 1.29 is 0 Å². The van der Waals surface area contributed by atoms with Crippen molar-refractivity contribution in [3.8, 4) is 0 Å². The Morgan fingerprint density at radius 2 is 1.32 bits per heavy atom. The van der Waals surface area contributed by atoms with Crippen molar-refractivity contribution in [1.29, 1.82) is 0 Å². The van der Waals surface area contributed by atoms with Gasteiger partial charge in [-0.1, -0.05) is 110 Å². The summed E-state index contributed by atoms with van der Waals surface area (Å²) >= 11 is 3.80. The van der Waals surface area contributed by atoms with E-state index in [0.29, 0.717) is 0 Å². The Bertz CT molecular complexity index is 269. The molecule has 3 heteroatoms. The SMILES string of the molecule is CCCCC[Si@H]1CC[C@H](CCCC[SiH]2CCC(Br)CC2)CC1. The fourth-order valence-electron chi connectivity index (χ4n) is 4.77. The Morgan fingerprint density at radius 3 is 1.91 bits per heavy atom. The summed E-state index contributed by atoms with van der Waals surface area (Å²) in [6.45, 7) is 2.34. The molecule has 0 aliphatic carbocycles. The third-order valence-electron chi connectivity index (χ3n) is 6.43. The monoisotopic (exact) mass is 402 g/mol. The molecule has 2 aliphatic heterocycles. The highest BCUT2D eigenvalue weighted by molar-refractivity contribution is 9.09. The van der Waals surface area contributed by atoms with Crippen molar-refractivity contribution in [3.05, 3.63) is 0 Å². The molecule has 0 atom stereocenters. The molecule has 130 valence electrons. The number of rotatable bonds is 9. The van der Waals surface area contributed by atoms with Gasteiger partial charge in [-0.15, -0.1) is 0 Å². The summed E-state index contributed by atoms with van der Waals surface area (Å²) < 4.78 is 0. The van der Waals surface area contributed by atoms with Crippen LogP contribution in [-0.2, 0) is 0 Å². The van der Waals surface area contributed by atoms with Gasteiger partial charge in [-0.25, -0.2) is 0 Å². The Morgan fingerprint density at radius 1 is 0.773 bits per heavy atom. The fourth-order valence-corrected chi connectivity index (χ4v) is 13.4. The molecule has 0 spiro atoms. The lowest BCUT2D eigenvalue weighted by molar-refractivity contribution is 0.421. The van der Waals surface area contributed by atoms with Gasteiger partial charge < -0.3 is 0 Å². The van der Waals surface area contributed by atoms with E-state index in [1.807, 2.05) is 0 Å². The van der Waals surface area contributed by atoms with Crippen molar-refractivity contribution in [2.24, 2.45) is 5.92 Å². The van der Waals surface area contributed by atoms with Gasteiger partial charge in [0.2, 0.25) is 0 Å². The topological polar surface area (TPSA) is 0 Å². The number of halogens is 1. The Hall–Kier alpha value is 0.914. The highest BCUT2D eigenvalue weighted by Crippen LogP contribution is 2.32. The number of hydrogen-bond acceptors (Lipinski definition) is 0. The van der Waals surface area contributed by atoms with Crippen molar-refractivity contribution in [1.82, 2.24) is 0 Å². The Labute approximate surface area is 151 Å². The van der Waals surface area contributed by atoms with Crippen LogP contribution in [0.3, 0.4) is 0 Å². The molecule has 0 aromatic rings. The third-order valence-corrected chi connectivity index (χ3v) is 14.4. The van der Waals surface area contributed by atoms with E-state index in [9.17, 15) is 0 Å². The Kier molecular flexibility index (Phi) is 10.0. The second kappa shape index (κ2) is 11.5. The predicted molar refractivity (Wildman–Crippen MR) is 111 cm³/mol. The van der Waals surface area contributed by atoms with Crippen molar-refractivity contribution in [2.45, 2.75) is 112 Å². The normalized spacial score (nSPS) is 33.0. The molecule has 0 aromatic heterocycles. The smallest absolute Gasteiger partial charge is 0.0368 e. The zero-order valence-electron chi connectivity index (χ0n) is 15.0. The first kappa shape index (κ1) is 19.2. The lowest BCUT2D eigenvalue weighted by Gasteiger charge is -2.28. The quantitative estimate of drug-likeness (QED) is 0.226. The van der Waals surface area contributed by atoms with Crippen LogP contribution in [0.4, 0.5) is 0 Å². The van der Waals surface area contributed by atoms with E-state index in [1.54, 1.807) is 74.8 Å². The molecule has 2 saturated heterocycles. The van der Waals surface area contributed by atoms with Crippen LogP contribution in [0.5, 0.6) is 0 Å². The zero-order valence-corrected chi connectivity index (χ0v) is 18.9. The van der Waals surface area contributed by atoms with Crippen LogP contribution >= 0.6 is 15.9 Å². The average molecular weight is 404 g/mol. The van der Waals surface area contributed by atoms with E-state index in [-0.39, 0.29) is 17.6 Å². The van der Waals surface area contributed by atoms with Crippen LogP contribution in [0.1, 0.15) is 71.1 Å². The highest BCUT2D eigenvalue weighted by Gasteiger charge is 2.22. The predicted octanol–water partition coefficient (Wildman–Crippen LogP) is 6.77. The van der Waals surface area contributed by atoms with E-state index in [1.165, 1.54) is 25.7 Å². The summed E-state index contributed by atoms with van der Waals surface area (Å²) in [6.07, 6.45) is 15.4. The van der Waals surface area contributed by atoms with Crippen LogP contribution in [0.15, 0.2) is 0 Å². The minimum atomic E-state index is -0.288. The standard InChI is InChI=1S/C19H39BrSi2/c1-2-3-5-12-21-14-8-18(9-15-21)7-4-6-13-22-16-10-19(20)11-17-22/h18-19,21-22H,2-17H2,1H3/t18-,19?,21-,22?. The first-order chi connectivity index (χ1) is 10.8. The summed E-state index contributed by atoms with van der Waals surface area (Å²) in [5.41, 5.74) is 0. The first-order valence-electron chi connectivity index (χ1n) is 10.4. The second-order valence-electron chi connectivity index (χ2n) is 8.28. The van der Waals surface area contributed by atoms with Gasteiger partial charge in [-0.3, -0.25) is 0 Å². The zero-order chi connectivity index (χ0) is 15.6. The van der Waals surface area contributed by atoms with Gasteiger partial charge in [0.25, 0.3) is 0 Å². The lowest BCUT2D eigenvalue weighted by Crippen LogP contribution is -2.22. The number of alkyl halides is 1. The summed E-state index contributed by atoms with van der Waals surface area (Å²) in [6, 6.07) is 9.98. The van der Waals surface area contributed by atoms with Crippen molar-refractivity contribution >= 4 is 33.5 Å². The molecule has 0 bridgehead atoms. The van der Waals surface area contributed by atoms with E-state index in [0.717, 1.165) is 10.7 Å². The molecule has 2 fully saturated rings. The van der Waals surface area contributed by atoms with Gasteiger partial charge in [-0.2, -0.15) is 0 Å². The fraction of sp³-hybridized carbons (Fsp3) is 1.00. The molecular formula is C19H39BrSi2. The number of unbranched alkanes of at least 4 members (excludes halogenated alkanes) is 3. The molecule has 0 radical (unpaired) electrons. The van der Waals surface area contributed by atoms with Crippen LogP contribution < -0.4 is 0 Å². The Balaban J connectivity index is 1.45. The van der Waals surface area contributed by atoms with E-state index in [2.05, 4.69) is 22.9 Å². The van der Waals surface area contributed by atoms with Crippen LogP contribution in [0.2, 0.25) is 36.3 Å². The van der Waals surface area contributed by atoms with E-state index in [4.69, 9.17) is 0 Å². The van der Waals surface area contributed by atoms with Crippen LogP contribution in [-0.4, -0.2) is 22.4 Å². The van der Waals surface area contributed by atoms with E-state index < -0.39 is 0 Å². The van der Waals surface area contributed by atoms with Crippen LogP contribution in [0, 0.1) is 5.92 Å².